The molecule has 0 saturated carbocycles. The van der Waals surface area contributed by atoms with Gasteiger partial charge >= 0.3 is 0 Å². The Balaban J connectivity index is 2.39. The van der Waals surface area contributed by atoms with Crippen LogP contribution in [-0.4, -0.2) is 47.9 Å². The molecule has 0 aromatic rings. The topological polar surface area (TPSA) is 61.4 Å². The number of likely N-dealkylation sites (tertiary alicyclic amines) is 1. The third-order valence-electron chi connectivity index (χ3n) is 3.68. The van der Waals surface area contributed by atoms with E-state index in [9.17, 15) is 9.59 Å². The Morgan fingerprint density at radius 1 is 1.11 bits per heavy atom. The van der Waals surface area contributed by atoms with Gasteiger partial charge in [-0.05, 0) is 40.0 Å². The van der Waals surface area contributed by atoms with E-state index in [1.54, 1.807) is 6.92 Å². The molecule has 1 aliphatic rings. The van der Waals surface area contributed by atoms with Gasteiger partial charge in [-0.2, -0.15) is 0 Å². The van der Waals surface area contributed by atoms with Crippen molar-refractivity contribution in [2.24, 2.45) is 0 Å². The Morgan fingerprint density at radius 2 is 1.68 bits per heavy atom. The summed E-state index contributed by atoms with van der Waals surface area (Å²) >= 11 is 0. The Labute approximate surface area is 116 Å². The number of amides is 2. The first-order valence-electron chi connectivity index (χ1n) is 7.31. The number of nitrogens with zero attached hydrogens (tertiary/aromatic N) is 1. The summed E-state index contributed by atoms with van der Waals surface area (Å²) in [6.07, 6.45) is 3.08. The molecule has 1 rings (SSSR count). The Hall–Kier alpha value is -1.10. The van der Waals surface area contributed by atoms with Crippen molar-refractivity contribution in [2.75, 3.05) is 13.1 Å². The van der Waals surface area contributed by atoms with Gasteiger partial charge in [0.05, 0.1) is 12.1 Å². The second-order valence-corrected chi connectivity index (χ2v) is 5.46. The summed E-state index contributed by atoms with van der Waals surface area (Å²) in [5, 5.41) is 6.00. The van der Waals surface area contributed by atoms with E-state index in [0.717, 1.165) is 32.4 Å². The van der Waals surface area contributed by atoms with Gasteiger partial charge in [0.2, 0.25) is 11.8 Å². The largest absolute Gasteiger partial charge is 0.352 e. The van der Waals surface area contributed by atoms with Crippen molar-refractivity contribution in [2.45, 2.75) is 65.1 Å². The maximum atomic E-state index is 12.1. The quantitative estimate of drug-likeness (QED) is 0.753. The second-order valence-electron chi connectivity index (χ2n) is 5.46. The van der Waals surface area contributed by atoms with Crippen molar-refractivity contribution in [3.05, 3.63) is 0 Å². The maximum absolute atomic E-state index is 12.1. The molecule has 2 N–H and O–H groups in total. The Kier molecular flexibility index (Phi) is 6.28. The van der Waals surface area contributed by atoms with Crippen molar-refractivity contribution < 1.29 is 9.59 Å². The minimum absolute atomic E-state index is 0.0459. The zero-order chi connectivity index (χ0) is 14.4. The molecule has 0 bridgehead atoms. The fourth-order valence-electron chi connectivity index (χ4n) is 2.20. The average Bonchev–Trinajstić information content (AvgIpc) is 2.91. The van der Waals surface area contributed by atoms with Crippen LogP contribution in [0.2, 0.25) is 0 Å². The fourth-order valence-corrected chi connectivity index (χ4v) is 2.20. The smallest absolute Gasteiger partial charge is 0.239 e. The molecular formula is C14H27N3O2. The molecule has 5 heteroatoms. The second kappa shape index (κ2) is 7.48. The van der Waals surface area contributed by atoms with Crippen LogP contribution in [-0.2, 0) is 9.59 Å². The Morgan fingerprint density at radius 3 is 2.21 bits per heavy atom. The fraction of sp³-hybridized carbons (Fsp3) is 0.857. The van der Waals surface area contributed by atoms with E-state index in [1.807, 2.05) is 25.7 Å². The molecule has 3 unspecified atom stereocenters. The van der Waals surface area contributed by atoms with Gasteiger partial charge in [0, 0.05) is 19.1 Å². The lowest BCUT2D eigenvalue weighted by Gasteiger charge is -2.24. The van der Waals surface area contributed by atoms with Crippen LogP contribution >= 0.6 is 0 Å². The van der Waals surface area contributed by atoms with Gasteiger partial charge in [-0.3, -0.25) is 14.9 Å². The molecule has 0 radical (unpaired) electrons. The summed E-state index contributed by atoms with van der Waals surface area (Å²) in [5.74, 6) is 0.0520. The average molecular weight is 269 g/mol. The molecular weight excluding hydrogens is 242 g/mol. The summed E-state index contributed by atoms with van der Waals surface area (Å²) in [5.41, 5.74) is 0. The summed E-state index contributed by atoms with van der Waals surface area (Å²) in [6, 6.07) is -0.493. The molecule has 0 aromatic carbocycles. The van der Waals surface area contributed by atoms with Gasteiger partial charge in [0.1, 0.15) is 0 Å². The molecule has 2 amide bonds. The predicted octanol–water partition coefficient (Wildman–Crippen LogP) is 0.890. The van der Waals surface area contributed by atoms with E-state index < -0.39 is 0 Å². The van der Waals surface area contributed by atoms with Crippen LogP contribution in [0.5, 0.6) is 0 Å². The molecule has 19 heavy (non-hydrogen) atoms. The standard InChI is InChI=1S/C14H27N3O2/c1-5-10(2)15-13(18)11(3)16-12(4)14(19)17-8-6-7-9-17/h10-12,16H,5-9H2,1-4H3,(H,15,18). The van der Waals surface area contributed by atoms with Crippen molar-refractivity contribution in [3.8, 4) is 0 Å². The number of hydrogen-bond acceptors (Lipinski definition) is 3. The van der Waals surface area contributed by atoms with Crippen LogP contribution in [0, 0.1) is 0 Å². The van der Waals surface area contributed by atoms with Crippen LogP contribution in [0.3, 0.4) is 0 Å². The summed E-state index contributed by atoms with van der Waals surface area (Å²) < 4.78 is 0. The molecule has 0 aliphatic carbocycles. The minimum Gasteiger partial charge on any atom is -0.352 e. The van der Waals surface area contributed by atoms with E-state index >= 15 is 0 Å². The number of carbonyl (C=O) groups excluding carboxylic acids is 2. The third kappa shape index (κ3) is 4.82. The first-order valence-corrected chi connectivity index (χ1v) is 7.31. The minimum atomic E-state index is -0.351. The molecule has 110 valence electrons. The highest BCUT2D eigenvalue weighted by Gasteiger charge is 2.25. The third-order valence-corrected chi connectivity index (χ3v) is 3.68. The number of carbonyl (C=O) groups is 2. The lowest BCUT2D eigenvalue weighted by Crippen LogP contribution is -2.52. The first kappa shape index (κ1) is 16.0. The first-order chi connectivity index (χ1) is 8.95. The van der Waals surface area contributed by atoms with E-state index in [4.69, 9.17) is 0 Å². The molecule has 1 aliphatic heterocycles. The normalized spacial score (nSPS) is 19.9. The zero-order valence-electron chi connectivity index (χ0n) is 12.5. The molecule has 1 fully saturated rings. The number of hydrogen-bond donors (Lipinski definition) is 2. The van der Waals surface area contributed by atoms with E-state index in [2.05, 4.69) is 10.6 Å². The summed E-state index contributed by atoms with van der Waals surface area (Å²) in [7, 11) is 0. The van der Waals surface area contributed by atoms with Gasteiger partial charge in [0.25, 0.3) is 0 Å². The van der Waals surface area contributed by atoms with E-state index in [1.165, 1.54) is 0 Å². The number of rotatable bonds is 6. The van der Waals surface area contributed by atoms with Crippen LogP contribution in [0.15, 0.2) is 0 Å². The molecule has 1 saturated heterocycles. The van der Waals surface area contributed by atoms with Crippen LogP contribution in [0.1, 0.15) is 47.0 Å². The molecule has 0 aromatic heterocycles. The summed E-state index contributed by atoms with van der Waals surface area (Å²) in [6.45, 7) is 9.32. The SMILES string of the molecule is CCC(C)NC(=O)C(C)NC(C)C(=O)N1CCCC1. The highest BCUT2D eigenvalue weighted by molar-refractivity contribution is 5.85. The van der Waals surface area contributed by atoms with E-state index in [-0.39, 0.29) is 29.9 Å². The van der Waals surface area contributed by atoms with Gasteiger partial charge < -0.3 is 10.2 Å². The van der Waals surface area contributed by atoms with E-state index in [0.29, 0.717) is 0 Å². The lowest BCUT2D eigenvalue weighted by molar-refractivity contribution is -0.132. The van der Waals surface area contributed by atoms with Crippen LogP contribution in [0.25, 0.3) is 0 Å². The van der Waals surface area contributed by atoms with Gasteiger partial charge in [-0.25, -0.2) is 0 Å². The van der Waals surface area contributed by atoms with Crippen molar-refractivity contribution in [1.29, 1.82) is 0 Å². The summed E-state index contributed by atoms with van der Waals surface area (Å²) in [4.78, 5) is 25.9. The highest BCUT2D eigenvalue weighted by atomic mass is 16.2. The lowest BCUT2D eigenvalue weighted by atomic mass is 10.2. The zero-order valence-corrected chi connectivity index (χ0v) is 12.5. The molecule has 3 atom stereocenters. The highest BCUT2D eigenvalue weighted by Crippen LogP contribution is 2.09. The van der Waals surface area contributed by atoms with Crippen molar-refractivity contribution >= 4 is 11.8 Å². The van der Waals surface area contributed by atoms with Gasteiger partial charge in [0.15, 0.2) is 0 Å². The van der Waals surface area contributed by atoms with Gasteiger partial charge in [-0.15, -0.1) is 0 Å². The number of nitrogens with one attached hydrogen (secondary N) is 2. The molecule has 5 nitrogen and oxygen atoms in total. The molecule has 1 heterocycles. The predicted molar refractivity (Wildman–Crippen MR) is 75.8 cm³/mol. The van der Waals surface area contributed by atoms with Crippen LogP contribution in [0.4, 0.5) is 0 Å². The van der Waals surface area contributed by atoms with Crippen LogP contribution < -0.4 is 10.6 Å². The van der Waals surface area contributed by atoms with Crippen molar-refractivity contribution in [3.63, 3.8) is 0 Å². The van der Waals surface area contributed by atoms with Crippen molar-refractivity contribution in [1.82, 2.24) is 15.5 Å². The van der Waals surface area contributed by atoms with Gasteiger partial charge in [-0.1, -0.05) is 6.92 Å². The molecule has 0 spiro atoms. The Bertz CT molecular complexity index is 314. The maximum Gasteiger partial charge on any atom is 0.239 e. The monoisotopic (exact) mass is 269 g/mol.